The highest BCUT2D eigenvalue weighted by Gasteiger charge is 2.43. The van der Waals surface area contributed by atoms with Crippen molar-refractivity contribution in [2.24, 2.45) is 0 Å². The maximum absolute atomic E-state index is 12.4. The molecule has 1 atom stereocenters. The van der Waals surface area contributed by atoms with Gasteiger partial charge in [-0.05, 0) is 45.7 Å². The van der Waals surface area contributed by atoms with Crippen LogP contribution in [0.2, 0.25) is 0 Å². The summed E-state index contributed by atoms with van der Waals surface area (Å²) in [5, 5.41) is 0. The maximum atomic E-state index is 12.4. The predicted octanol–water partition coefficient (Wildman–Crippen LogP) is 3.21. The highest BCUT2D eigenvalue weighted by Crippen LogP contribution is 2.38. The number of nitrogens with zero attached hydrogens (tertiary/aromatic N) is 2. The molecule has 1 spiro atoms. The van der Waals surface area contributed by atoms with Gasteiger partial charge >= 0.3 is 6.09 Å². The number of hydrogen-bond acceptors (Lipinski definition) is 5. The molecule has 1 aromatic heterocycles. The van der Waals surface area contributed by atoms with E-state index >= 15 is 0 Å². The number of rotatable bonds is 0. The van der Waals surface area contributed by atoms with Crippen LogP contribution >= 0.6 is 0 Å². The molecule has 3 rings (SSSR count). The van der Waals surface area contributed by atoms with Crippen molar-refractivity contribution in [3.05, 3.63) is 24.0 Å². The highest BCUT2D eigenvalue weighted by atomic mass is 16.6. The summed E-state index contributed by atoms with van der Waals surface area (Å²) in [6.07, 6.45) is 3.76. The number of likely N-dealkylation sites (tertiary alicyclic amines) is 1. The van der Waals surface area contributed by atoms with Gasteiger partial charge in [0.05, 0.1) is 6.42 Å². The van der Waals surface area contributed by atoms with E-state index in [0.717, 1.165) is 12.8 Å². The minimum absolute atomic E-state index is 0.0163. The van der Waals surface area contributed by atoms with Crippen molar-refractivity contribution < 1.29 is 19.1 Å². The van der Waals surface area contributed by atoms with Crippen LogP contribution in [0.5, 0.6) is 5.75 Å². The number of carbonyl (C=O) groups excluding carboxylic acids is 2. The van der Waals surface area contributed by atoms with Gasteiger partial charge in [-0.15, -0.1) is 0 Å². The average Bonchev–Trinajstić information content (AvgIpc) is 2.68. The minimum atomic E-state index is -0.538. The van der Waals surface area contributed by atoms with Crippen LogP contribution in [-0.4, -0.2) is 46.1 Å². The molecule has 3 heterocycles. The van der Waals surface area contributed by atoms with Crippen molar-refractivity contribution in [2.75, 3.05) is 13.1 Å². The molecule has 1 aromatic rings. The summed E-state index contributed by atoms with van der Waals surface area (Å²) in [6, 6.07) is 3.56. The molecule has 1 saturated heterocycles. The number of ether oxygens (including phenoxy) is 2. The van der Waals surface area contributed by atoms with E-state index in [4.69, 9.17) is 9.47 Å². The topological polar surface area (TPSA) is 68.7 Å². The fourth-order valence-corrected chi connectivity index (χ4v) is 3.28. The monoisotopic (exact) mass is 332 g/mol. The first kappa shape index (κ1) is 16.7. The molecule has 6 heteroatoms. The second-order valence-corrected chi connectivity index (χ2v) is 7.56. The van der Waals surface area contributed by atoms with Crippen LogP contribution in [0.25, 0.3) is 0 Å². The average molecular weight is 332 g/mol. The van der Waals surface area contributed by atoms with E-state index in [1.165, 1.54) is 0 Å². The molecule has 2 aliphatic heterocycles. The van der Waals surface area contributed by atoms with Crippen molar-refractivity contribution >= 4 is 11.9 Å². The predicted molar refractivity (Wildman–Crippen MR) is 88.2 cm³/mol. The smallest absolute Gasteiger partial charge is 0.410 e. The molecule has 2 aliphatic rings. The first-order valence-electron chi connectivity index (χ1n) is 8.43. The Morgan fingerprint density at radius 3 is 2.88 bits per heavy atom. The zero-order valence-corrected chi connectivity index (χ0v) is 14.5. The standard InChI is InChI=1S/C18H24N2O4/c1-17(2,3)24-16(22)20-10-5-7-18(8-11-20)12-13(21)15-14(23-18)6-4-9-19-15/h4,6,9H,5,7-8,10-12H2,1-3H3. The van der Waals surface area contributed by atoms with E-state index in [-0.39, 0.29) is 11.9 Å². The summed E-state index contributed by atoms with van der Waals surface area (Å²) in [7, 11) is 0. The van der Waals surface area contributed by atoms with Crippen molar-refractivity contribution in [3.63, 3.8) is 0 Å². The summed E-state index contributed by atoms with van der Waals surface area (Å²) in [4.78, 5) is 30.6. The second-order valence-electron chi connectivity index (χ2n) is 7.56. The fourth-order valence-electron chi connectivity index (χ4n) is 3.28. The Balaban J connectivity index is 1.72. The minimum Gasteiger partial charge on any atom is -0.484 e. The molecule has 0 aromatic carbocycles. The van der Waals surface area contributed by atoms with E-state index in [1.807, 2.05) is 20.8 Å². The number of ketones is 1. The molecule has 1 amide bonds. The Labute approximate surface area is 142 Å². The van der Waals surface area contributed by atoms with E-state index in [9.17, 15) is 9.59 Å². The zero-order valence-electron chi connectivity index (χ0n) is 14.5. The van der Waals surface area contributed by atoms with Crippen molar-refractivity contribution in [1.29, 1.82) is 0 Å². The summed E-state index contributed by atoms with van der Waals surface area (Å²) in [5.74, 6) is 0.571. The molecule has 0 N–H and O–H groups in total. The third-order valence-electron chi connectivity index (χ3n) is 4.39. The highest BCUT2D eigenvalue weighted by molar-refractivity contribution is 5.98. The molecule has 1 fully saturated rings. The van der Waals surface area contributed by atoms with E-state index in [1.54, 1.807) is 23.2 Å². The number of aromatic nitrogens is 1. The molecule has 0 bridgehead atoms. The lowest BCUT2D eigenvalue weighted by Crippen LogP contribution is -2.44. The molecule has 1 unspecified atom stereocenters. The van der Waals surface area contributed by atoms with Gasteiger partial charge in [0.2, 0.25) is 0 Å². The normalized spacial score (nSPS) is 24.1. The SMILES string of the molecule is CC(C)(C)OC(=O)N1CCCC2(CC1)CC(=O)c1ncccc1O2. The summed E-state index contributed by atoms with van der Waals surface area (Å²) < 4.78 is 11.6. The number of carbonyl (C=O) groups is 2. The summed E-state index contributed by atoms with van der Waals surface area (Å²) in [5.41, 5.74) is -0.635. The van der Waals surface area contributed by atoms with Crippen LogP contribution in [0.15, 0.2) is 18.3 Å². The first-order chi connectivity index (χ1) is 11.3. The van der Waals surface area contributed by atoms with Gasteiger partial charge in [-0.3, -0.25) is 4.79 Å². The van der Waals surface area contributed by atoms with Gasteiger partial charge in [0.15, 0.2) is 5.78 Å². The molecular weight excluding hydrogens is 308 g/mol. The number of pyridine rings is 1. The van der Waals surface area contributed by atoms with Gasteiger partial charge in [-0.25, -0.2) is 9.78 Å². The van der Waals surface area contributed by atoms with Gasteiger partial charge in [-0.2, -0.15) is 0 Å². The molecule has 130 valence electrons. The number of fused-ring (bicyclic) bond motifs is 1. The molecule has 0 aliphatic carbocycles. The summed E-state index contributed by atoms with van der Waals surface area (Å²) >= 11 is 0. The van der Waals surface area contributed by atoms with Crippen LogP contribution in [0, 0.1) is 0 Å². The Hall–Kier alpha value is -2.11. The third kappa shape index (κ3) is 3.52. The van der Waals surface area contributed by atoms with E-state index in [2.05, 4.69) is 4.98 Å². The van der Waals surface area contributed by atoms with Gasteiger partial charge in [-0.1, -0.05) is 0 Å². The van der Waals surface area contributed by atoms with Crippen molar-refractivity contribution in [3.8, 4) is 5.75 Å². The molecule has 6 nitrogen and oxygen atoms in total. The van der Waals surface area contributed by atoms with E-state index in [0.29, 0.717) is 37.4 Å². The Bertz CT molecular complexity index is 653. The first-order valence-corrected chi connectivity index (χ1v) is 8.43. The van der Waals surface area contributed by atoms with Gasteiger partial charge < -0.3 is 14.4 Å². The fraction of sp³-hybridized carbons (Fsp3) is 0.611. The number of Topliss-reactive ketones (excluding diaryl/α,β-unsaturated/α-hetero) is 1. The van der Waals surface area contributed by atoms with Crippen molar-refractivity contribution in [1.82, 2.24) is 9.88 Å². The van der Waals surface area contributed by atoms with Gasteiger partial charge in [0.25, 0.3) is 0 Å². The van der Waals surface area contributed by atoms with Crippen LogP contribution in [0.3, 0.4) is 0 Å². The zero-order chi connectivity index (χ0) is 17.4. The summed E-state index contributed by atoms with van der Waals surface area (Å²) in [6.45, 7) is 6.72. The van der Waals surface area contributed by atoms with Crippen LogP contribution < -0.4 is 4.74 Å². The Morgan fingerprint density at radius 2 is 2.12 bits per heavy atom. The lowest BCUT2D eigenvalue weighted by molar-refractivity contribution is 0.0185. The lowest BCUT2D eigenvalue weighted by atomic mass is 9.86. The maximum Gasteiger partial charge on any atom is 0.410 e. The lowest BCUT2D eigenvalue weighted by Gasteiger charge is -2.36. The Morgan fingerprint density at radius 1 is 1.33 bits per heavy atom. The molecule has 0 saturated carbocycles. The largest absolute Gasteiger partial charge is 0.484 e. The molecule has 24 heavy (non-hydrogen) atoms. The quantitative estimate of drug-likeness (QED) is 0.730. The van der Waals surface area contributed by atoms with Gasteiger partial charge in [0, 0.05) is 25.7 Å². The van der Waals surface area contributed by atoms with Crippen LogP contribution in [0.4, 0.5) is 4.79 Å². The number of amides is 1. The van der Waals surface area contributed by atoms with Crippen molar-refractivity contribution in [2.45, 2.75) is 57.7 Å². The third-order valence-corrected chi connectivity index (χ3v) is 4.39. The molecule has 0 radical (unpaired) electrons. The van der Waals surface area contributed by atoms with Crippen LogP contribution in [0.1, 0.15) is 56.9 Å². The second kappa shape index (κ2) is 6.07. The van der Waals surface area contributed by atoms with Crippen LogP contribution in [-0.2, 0) is 4.74 Å². The van der Waals surface area contributed by atoms with Gasteiger partial charge in [0.1, 0.15) is 22.6 Å². The number of hydrogen-bond donors (Lipinski definition) is 0. The Kier molecular flexibility index (Phi) is 4.24. The molecular formula is C18H24N2O4. The van der Waals surface area contributed by atoms with E-state index < -0.39 is 11.2 Å².